The molecule has 4 nitrogen and oxygen atoms in total. The first-order valence-electron chi connectivity index (χ1n) is 7.01. The van der Waals surface area contributed by atoms with Crippen LogP contribution in [0.1, 0.15) is 12.8 Å². The van der Waals surface area contributed by atoms with Gasteiger partial charge < -0.3 is 9.47 Å². The van der Waals surface area contributed by atoms with Gasteiger partial charge in [0.25, 0.3) is 0 Å². The molecule has 1 aliphatic rings. The summed E-state index contributed by atoms with van der Waals surface area (Å²) in [6.07, 6.45) is 4.00. The lowest BCUT2D eigenvalue weighted by Gasteiger charge is -2.09. The quantitative estimate of drug-likeness (QED) is 0.848. The number of aromatic nitrogens is 2. The van der Waals surface area contributed by atoms with Gasteiger partial charge in [0.2, 0.25) is 0 Å². The van der Waals surface area contributed by atoms with E-state index in [1.165, 1.54) is 12.1 Å². The van der Waals surface area contributed by atoms with E-state index in [9.17, 15) is 13.2 Å². The molecule has 0 amide bonds. The van der Waals surface area contributed by atoms with Gasteiger partial charge in [-0.15, -0.1) is 0 Å². The summed E-state index contributed by atoms with van der Waals surface area (Å²) in [5, 5.41) is 4.36. The van der Waals surface area contributed by atoms with Gasteiger partial charge in [0.1, 0.15) is 0 Å². The molecule has 0 bridgehead atoms. The Labute approximate surface area is 125 Å². The molecule has 1 atom stereocenters. The van der Waals surface area contributed by atoms with Crippen LogP contribution in [0, 0.1) is 5.82 Å². The van der Waals surface area contributed by atoms with Crippen LogP contribution in [0.4, 0.5) is 13.2 Å². The largest absolute Gasteiger partial charge is 0.432 e. The monoisotopic (exact) mass is 312 g/mol. The summed E-state index contributed by atoms with van der Waals surface area (Å²) in [6.45, 7) is -1.63. The first kappa shape index (κ1) is 14.9. The molecule has 0 aliphatic carbocycles. The number of rotatable bonds is 5. The Balaban J connectivity index is 1.73. The molecule has 0 spiro atoms. The molecule has 1 aromatic heterocycles. The molecule has 1 saturated heterocycles. The van der Waals surface area contributed by atoms with E-state index in [-0.39, 0.29) is 6.10 Å². The molecule has 0 N–H and O–H groups in total. The number of halogens is 3. The lowest BCUT2D eigenvalue weighted by atomic mass is 10.1. The van der Waals surface area contributed by atoms with E-state index in [2.05, 4.69) is 9.84 Å². The average molecular weight is 312 g/mol. The summed E-state index contributed by atoms with van der Waals surface area (Å²) >= 11 is 0. The predicted octanol–water partition coefficient (Wildman–Crippen LogP) is 3.47. The highest BCUT2D eigenvalue weighted by atomic mass is 19.3. The molecule has 7 heteroatoms. The lowest BCUT2D eigenvalue weighted by Crippen LogP contribution is -2.15. The van der Waals surface area contributed by atoms with Crippen LogP contribution in [0.3, 0.4) is 0 Å². The van der Waals surface area contributed by atoms with Gasteiger partial charge in [-0.05, 0) is 37.1 Å². The Bertz CT molecular complexity index is 639. The number of benzene rings is 1. The van der Waals surface area contributed by atoms with Crippen molar-refractivity contribution in [3.63, 3.8) is 0 Å². The zero-order valence-electron chi connectivity index (χ0n) is 11.7. The van der Waals surface area contributed by atoms with Crippen LogP contribution in [0.2, 0.25) is 0 Å². The molecule has 1 fully saturated rings. The summed E-state index contributed by atoms with van der Waals surface area (Å²) in [5.74, 6) is -1.32. The molecule has 22 heavy (non-hydrogen) atoms. The van der Waals surface area contributed by atoms with Gasteiger partial charge in [0.05, 0.1) is 18.3 Å². The second-order valence-corrected chi connectivity index (χ2v) is 5.08. The summed E-state index contributed by atoms with van der Waals surface area (Å²) in [4.78, 5) is 0. The fraction of sp³-hybridized carbons (Fsp3) is 0.400. The van der Waals surface area contributed by atoms with Crippen LogP contribution < -0.4 is 4.74 Å². The number of alkyl halides is 2. The number of nitrogens with zero attached hydrogens (tertiary/aromatic N) is 2. The highest BCUT2D eigenvalue weighted by molar-refractivity contribution is 5.59. The molecule has 1 unspecified atom stereocenters. The van der Waals surface area contributed by atoms with Gasteiger partial charge in [-0.25, -0.2) is 4.39 Å². The number of hydrogen-bond acceptors (Lipinski definition) is 3. The zero-order valence-corrected chi connectivity index (χ0v) is 11.7. The second-order valence-electron chi connectivity index (χ2n) is 5.08. The highest BCUT2D eigenvalue weighted by Crippen LogP contribution is 2.26. The minimum Gasteiger partial charge on any atom is -0.432 e. The second kappa shape index (κ2) is 6.39. The van der Waals surface area contributed by atoms with Gasteiger partial charge in [-0.2, -0.15) is 13.9 Å². The van der Waals surface area contributed by atoms with Crippen LogP contribution >= 0.6 is 0 Å². The Morgan fingerprint density at radius 1 is 1.36 bits per heavy atom. The molecular formula is C15H15F3N2O2. The van der Waals surface area contributed by atoms with Gasteiger partial charge in [0.15, 0.2) is 11.6 Å². The average Bonchev–Trinajstić information content (AvgIpc) is 3.13. The standard InChI is InChI=1S/C15H15F3N2O2/c16-12-8-10(3-4-14(12)22-15(17)18)13-5-6-20(19-13)9-11-2-1-7-21-11/h3-6,8,11,15H,1-2,7,9H2. The van der Waals surface area contributed by atoms with Crippen LogP contribution in [0.5, 0.6) is 5.75 Å². The van der Waals surface area contributed by atoms with Gasteiger partial charge in [0, 0.05) is 18.4 Å². The smallest absolute Gasteiger partial charge is 0.387 e. The minimum absolute atomic E-state index is 0.159. The summed E-state index contributed by atoms with van der Waals surface area (Å²) < 4.78 is 49.3. The van der Waals surface area contributed by atoms with Crippen molar-refractivity contribution in [2.45, 2.75) is 32.1 Å². The third-order valence-corrected chi connectivity index (χ3v) is 3.50. The Hall–Kier alpha value is -2.02. The predicted molar refractivity (Wildman–Crippen MR) is 73.2 cm³/mol. The SMILES string of the molecule is Fc1cc(-c2ccn(CC3CCCO3)n2)ccc1OC(F)F. The minimum atomic E-state index is -3.05. The Kier molecular flexibility index (Phi) is 4.33. The summed E-state index contributed by atoms with van der Waals surface area (Å²) in [5.41, 5.74) is 1.07. The van der Waals surface area contributed by atoms with Crippen molar-refractivity contribution in [1.82, 2.24) is 9.78 Å². The maximum atomic E-state index is 13.7. The topological polar surface area (TPSA) is 36.3 Å². The van der Waals surface area contributed by atoms with Crippen molar-refractivity contribution in [3.05, 3.63) is 36.3 Å². The molecule has 3 rings (SSSR count). The van der Waals surface area contributed by atoms with Crippen molar-refractivity contribution in [2.24, 2.45) is 0 Å². The molecule has 118 valence electrons. The van der Waals surface area contributed by atoms with E-state index < -0.39 is 18.2 Å². The maximum absolute atomic E-state index is 13.7. The van der Waals surface area contributed by atoms with Crippen molar-refractivity contribution in [2.75, 3.05) is 6.61 Å². The van der Waals surface area contributed by atoms with E-state index in [0.717, 1.165) is 25.5 Å². The fourth-order valence-corrected chi connectivity index (χ4v) is 2.47. The van der Waals surface area contributed by atoms with E-state index in [1.807, 2.05) is 0 Å². The zero-order chi connectivity index (χ0) is 15.5. The van der Waals surface area contributed by atoms with Crippen molar-refractivity contribution >= 4 is 0 Å². The van der Waals surface area contributed by atoms with E-state index in [4.69, 9.17) is 4.74 Å². The first-order valence-corrected chi connectivity index (χ1v) is 7.01. The van der Waals surface area contributed by atoms with Crippen LogP contribution in [0.15, 0.2) is 30.5 Å². The van der Waals surface area contributed by atoms with Gasteiger partial charge in [-0.3, -0.25) is 4.68 Å². The molecule has 0 radical (unpaired) electrons. The van der Waals surface area contributed by atoms with Crippen molar-refractivity contribution < 1.29 is 22.6 Å². The van der Waals surface area contributed by atoms with Crippen LogP contribution in [0.25, 0.3) is 11.3 Å². The molecule has 0 saturated carbocycles. The Morgan fingerprint density at radius 3 is 2.91 bits per heavy atom. The third kappa shape index (κ3) is 3.41. The highest BCUT2D eigenvalue weighted by Gasteiger charge is 2.17. The molecule has 1 aromatic carbocycles. The first-order chi connectivity index (χ1) is 10.6. The fourth-order valence-electron chi connectivity index (χ4n) is 2.47. The normalized spacial score (nSPS) is 18.1. The molecule has 1 aliphatic heterocycles. The van der Waals surface area contributed by atoms with Crippen LogP contribution in [-0.4, -0.2) is 29.1 Å². The third-order valence-electron chi connectivity index (χ3n) is 3.50. The van der Waals surface area contributed by atoms with Gasteiger partial charge in [-0.1, -0.05) is 0 Å². The summed E-state index contributed by atoms with van der Waals surface area (Å²) in [7, 11) is 0. The van der Waals surface area contributed by atoms with E-state index in [1.54, 1.807) is 16.9 Å². The number of ether oxygens (including phenoxy) is 2. The van der Waals surface area contributed by atoms with E-state index >= 15 is 0 Å². The van der Waals surface area contributed by atoms with Crippen LogP contribution in [-0.2, 0) is 11.3 Å². The van der Waals surface area contributed by atoms with Crippen molar-refractivity contribution in [3.8, 4) is 17.0 Å². The maximum Gasteiger partial charge on any atom is 0.387 e. The molecular weight excluding hydrogens is 297 g/mol. The lowest BCUT2D eigenvalue weighted by molar-refractivity contribution is -0.0521. The Morgan fingerprint density at radius 2 is 2.23 bits per heavy atom. The molecule has 2 heterocycles. The van der Waals surface area contributed by atoms with Gasteiger partial charge >= 0.3 is 6.61 Å². The summed E-state index contributed by atoms with van der Waals surface area (Å²) in [6, 6.07) is 5.56. The number of hydrogen-bond donors (Lipinski definition) is 0. The van der Waals surface area contributed by atoms with Crippen molar-refractivity contribution in [1.29, 1.82) is 0 Å². The molecule has 2 aromatic rings. The van der Waals surface area contributed by atoms with E-state index in [0.29, 0.717) is 17.8 Å².